The third-order valence-corrected chi connectivity index (χ3v) is 5.19. The first kappa shape index (κ1) is 18.0. The number of carboxylic acids is 1. The zero-order valence-electron chi connectivity index (χ0n) is 15.1. The van der Waals surface area contributed by atoms with Crippen molar-refractivity contribution < 1.29 is 29.0 Å². The molecule has 2 saturated heterocycles. The maximum atomic E-state index is 12.8. The van der Waals surface area contributed by atoms with Crippen LogP contribution in [0.2, 0.25) is 0 Å². The van der Waals surface area contributed by atoms with Crippen molar-refractivity contribution >= 4 is 17.8 Å². The first-order valence-electron chi connectivity index (χ1n) is 8.29. The Hall–Kier alpha value is -2.77. The number of aliphatic carboxylic acids is 1. The van der Waals surface area contributed by atoms with Gasteiger partial charge in [0.2, 0.25) is 5.91 Å². The van der Waals surface area contributed by atoms with E-state index in [-0.39, 0.29) is 17.5 Å². The summed E-state index contributed by atoms with van der Waals surface area (Å²) in [7, 11) is 2.89. The number of β-lactam (4-membered cyclic amide) rings is 1. The van der Waals surface area contributed by atoms with Gasteiger partial charge in [-0.1, -0.05) is 19.9 Å². The van der Waals surface area contributed by atoms with E-state index in [2.05, 4.69) is 5.32 Å². The van der Waals surface area contributed by atoms with E-state index in [1.807, 2.05) is 13.8 Å². The number of carboxylic acid groups (broad SMARTS) is 1. The van der Waals surface area contributed by atoms with Crippen LogP contribution in [0.4, 0.5) is 0 Å². The highest BCUT2D eigenvalue weighted by molar-refractivity contribution is 6.04. The average molecular weight is 362 g/mol. The van der Waals surface area contributed by atoms with E-state index in [0.717, 1.165) is 0 Å². The summed E-state index contributed by atoms with van der Waals surface area (Å²) < 4.78 is 10.4. The van der Waals surface area contributed by atoms with Crippen molar-refractivity contribution in [1.82, 2.24) is 10.2 Å². The van der Waals surface area contributed by atoms with E-state index in [1.165, 1.54) is 19.1 Å². The predicted molar refractivity (Wildman–Crippen MR) is 91.3 cm³/mol. The number of fused-ring (bicyclic) bond motifs is 1. The maximum Gasteiger partial charge on any atom is 0.326 e. The summed E-state index contributed by atoms with van der Waals surface area (Å²) in [4.78, 5) is 38.2. The van der Waals surface area contributed by atoms with E-state index in [9.17, 15) is 19.5 Å². The molecule has 0 aromatic heterocycles. The van der Waals surface area contributed by atoms with Gasteiger partial charge in [-0.3, -0.25) is 9.59 Å². The van der Waals surface area contributed by atoms with Crippen LogP contribution in [0.5, 0.6) is 11.5 Å². The van der Waals surface area contributed by atoms with Crippen LogP contribution in [0.1, 0.15) is 30.6 Å². The molecule has 8 heteroatoms. The molecule has 2 N–H and O–H groups in total. The van der Waals surface area contributed by atoms with E-state index in [4.69, 9.17) is 9.47 Å². The molecule has 1 aromatic rings. The number of rotatable bonds is 5. The normalized spacial score (nSPS) is 25.9. The third kappa shape index (κ3) is 2.56. The molecule has 1 aromatic carbocycles. The fourth-order valence-corrected chi connectivity index (χ4v) is 4.03. The summed E-state index contributed by atoms with van der Waals surface area (Å²) in [6, 6.07) is 3.00. The Labute approximate surface area is 151 Å². The Morgan fingerprint density at radius 3 is 2.31 bits per heavy atom. The molecular formula is C18H22N2O6. The summed E-state index contributed by atoms with van der Waals surface area (Å²) in [5.74, 6) is -1.23. The van der Waals surface area contributed by atoms with Gasteiger partial charge in [-0.2, -0.15) is 0 Å². The van der Waals surface area contributed by atoms with Crippen molar-refractivity contribution in [2.24, 2.45) is 5.41 Å². The number of carbonyl (C=O) groups excluding carboxylic acids is 2. The lowest BCUT2D eigenvalue weighted by Crippen LogP contribution is -2.70. The summed E-state index contributed by atoms with van der Waals surface area (Å²) in [5.41, 5.74) is -0.357. The largest absolute Gasteiger partial charge is 0.496 e. The van der Waals surface area contributed by atoms with Crippen molar-refractivity contribution in [3.63, 3.8) is 0 Å². The molecule has 0 radical (unpaired) electrons. The standard InChI is InChI=1S/C18H22N2O6/c1-18(2)8-9-13(16(22)20(9)14(18)17(23)24)19-15(21)12-10(25-3)6-5-7-11(12)26-4/h5-7,9,13-14H,8H2,1-4H3,(H,19,21)(H,23,24)/t9-,13-,14-/m1/s1. The van der Waals surface area contributed by atoms with Crippen molar-refractivity contribution in [3.05, 3.63) is 23.8 Å². The second kappa shape index (κ2) is 6.19. The van der Waals surface area contributed by atoms with Gasteiger partial charge in [0.1, 0.15) is 29.1 Å². The number of ether oxygens (including phenoxy) is 2. The molecule has 0 unspecified atom stereocenters. The molecule has 2 aliphatic rings. The molecule has 2 fully saturated rings. The second-order valence-electron chi connectivity index (χ2n) is 7.24. The van der Waals surface area contributed by atoms with Gasteiger partial charge in [0.05, 0.1) is 20.3 Å². The Bertz CT molecular complexity index is 753. The minimum absolute atomic E-state index is 0.204. The molecule has 3 atom stereocenters. The topological polar surface area (TPSA) is 105 Å². The molecule has 0 aliphatic carbocycles. The zero-order chi connectivity index (χ0) is 19.2. The fraction of sp³-hybridized carbons (Fsp3) is 0.500. The van der Waals surface area contributed by atoms with Gasteiger partial charge in [-0.15, -0.1) is 0 Å². The van der Waals surface area contributed by atoms with Crippen LogP contribution in [0.3, 0.4) is 0 Å². The smallest absolute Gasteiger partial charge is 0.326 e. The molecule has 2 amide bonds. The molecule has 3 rings (SSSR count). The average Bonchev–Trinajstić information content (AvgIpc) is 2.86. The number of methoxy groups -OCH3 is 2. The predicted octanol–water partition coefficient (Wildman–Crippen LogP) is 0.896. The van der Waals surface area contributed by atoms with Crippen molar-refractivity contribution in [2.45, 2.75) is 38.4 Å². The van der Waals surface area contributed by atoms with Crippen molar-refractivity contribution in [2.75, 3.05) is 14.2 Å². The van der Waals surface area contributed by atoms with Crippen LogP contribution in [0.15, 0.2) is 18.2 Å². The van der Waals surface area contributed by atoms with E-state index in [1.54, 1.807) is 18.2 Å². The molecule has 2 heterocycles. The SMILES string of the molecule is COc1cccc(OC)c1C(=O)N[C@H]1C(=O)N2[C@@H]1CC(C)(C)[C@H]2C(=O)O. The monoisotopic (exact) mass is 362 g/mol. The van der Waals surface area contributed by atoms with Gasteiger partial charge in [-0.25, -0.2) is 4.79 Å². The summed E-state index contributed by atoms with van der Waals surface area (Å²) in [5, 5.41) is 12.2. The molecular weight excluding hydrogens is 340 g/mol. The Morgan fingerprint density at radius 1 is 1.23 bits per heavy atom. The first-order valence-corrected chi connectivity index (χ1v) is 8.29. The van der Waals surface area contributed by atoms with Crippen molar-refractivity contribution in [1.29, 1.82) is 0 Å². The highest BCUT2D eigenvalue weighted by Crippen LogP contribution is 2.47. The van der Waals surface area contributed by atoms with Crippen LogP contribution in [-0.4, -0.2) is 60.1 Å². The van der Waals surface area contributed by atoms with Crippen LogP contribution in [0, 0.1) is 5.41 Å². The second-order valence-corrected chi connectivity index (χ2v) is 7.24. The number of nitrogens with zero attached hydrogens (tertiary/aromatic N) is 1. The molecule has 26 heavy (non-hydrogen) atoms. The molecule has 0 saturated carbocycles. The Morgan fingerprint density at radius 2 is 1.81 bits per heavy atom. The van der Waals surface area contributed by atoms with Gasteiger partial charge in [0.25, 0.3) is 5.91 Å². The fourth-order valence-electron chi connectivity index (χ4n) is 4.03. The number of amides is 2. The number of benzene rings is 1. The summed E-state index contributed by atoms with van der Waals surface area (Å²) in [6.07, 6.45) is 0.504. The number of hydrogen-bond donors (Lipinski definition) is 2. The lowest BCUT2D eigenvalue weighted by Gasteiger charge is -2.44. The lowest BCUT2D eigenvalue weighted by molar-refractivity contribution is -0.161. The number of nitrogens with one attached hydrogen (secondary N) is 1. The number of carbonyl (C=O) groups is 3. The van der Waals surface area contributed by atoms with Gasteiger partial charge in [-0.05, 0) is 24.0 Å². The molecule has 0 bridgehead atoms. The molecule has 0 spiro atoms. The Kier molecular flexibility index (Phi) is 4.29. The van der Waals surface area contributed by atoms with E-state index >= 15 is 0 Å². The van der Waals surface area contributed by atoms with E-state index < -0.39 is 29.4 Å². The minimum atomic E-state index is -1.03. The highest BCUT2D eigenvalue weighted by Gasteiger charge is 2.63. The molecule has 2 aliphatic heterocycles. The Balaban J connectivity index is 1.83. The van der Waals surface area contributed by atoms with E-state index in [0.29, 0.717) is 17.9 Å². The van der Waals surface area contributed by atoms with Gasteiger partial charge in [0.15, 0.2) is 0 Å². The van der Waals surface area contributed by atoms with Crippen LogP contribution >= 0.6 is 0 Å². The minimum Gasteiger partial charge on any atom is -0.496 e. The summed E-state index contributed by atoms with van der Waals surface area (Å²) in [6.45, 7) is 3.64. The van der Waals surface area contributed by atoms with Gasteiger partial charge in [0, 0.05) is 0 Å². The first-order chi connectivity index (χ1) is 12.2. The van der Waals surface area contributed by atoms with Gasteiger partial charge >= 0.3 is 5.97 Å². The molecule has 8 nitrogen and oxygen atoms in total. The molecule has 140 valence electrons. The lowest BCUT2D eigenvalue weighted by atomic mass is 9.83. The van der Waals surface area contributed by atoms with Crippen LogP contribution in [0.25, 0.3) is 0 Å². The van der Waals surface area contributed by atoms with Crippen LogP contribution < -0.4 is 14.8 Å². The van der Waals surface area contributed by atoms with Gasteiger partial charge < -0.3 is 24.8 Å². The quantitative estimate of drug-likeness (QED) is 0.754. The third-order valence-electron chi connectivity index (χ3n) is 5.19. The summed E-state index contributed by atoms with van der Waals surface area (Å²) >= 11 is 0. The maximum absolute atomic E-state index is 12.8. The van der Waals surface area contributed by atoms with Crippen molar-refractivity contribution in [3.8, 4) is 11.5 Å². The highest BCUT2D eigenvalue weighted by atomic mass is 16.5. The number of hydrogen-bond acceptors (Lipinski definition) is 5. The zero-order valence-corrected chi connectivity index (χ0v) is 15.1. The van der Waals surface area contributed by atoms with Crippen LogP contribution in [-0.2, 0) is 9.59 Å².